The number of carbonyl (C=O) groups is 1. The molecule has 0 aliphatic carbocycles. The van der Waals surface area contributed by atoms with E-state index in [1.807, 2.05) is 12.1 Å². The Morgan fingerprint density at radius 1 is 0.775 bits per heavy atom. The summed E-state index contributed by atoms with van der Waals surface area (Å²) >= 11 is 0. The average molecular weight is 538 g/mol. The van der Waals surface area contributed by atoms with Gasteiger partial charge in [0.1, 0.15) is 11.6 Å². The number of H-pyrrole nitrogens is 2. The number of carbonyl (C=O) groups excluding carboxylic acids is 1. The minimum absolute atomic E-state index is 0.0309. The lowest BCUT2D eigenvalue weighted by Crippen LogP contribution is -2.49. The van der Waals surface area contributed by atoms with Crippen LogP contribution in [0.3, 0.4) is 0 Å². The number of aromatic amines is 2. The lowest BCUT2D eigenvalue weighted by atomic mass is 9.72. The third kappa shape index (κ3) is 6.51. The molecule has 4 aromatic rings. The van der Waals surface area contributed by atoms with E-state index >= 15 is 0 Å². The van der Waals surface area contributed by atoms with Crippen molar-refractivity contribution in [3.63, 3.8) is 0 Å². The average Bonchev–Trinajstić information content (AvgIpc) is 3.70. The highest BCUT2D eigenvalue weighted by Crippen LogP contribution is 2.40. The number of aromatic nitrogens is 4. The normalized spacial score (nSPS) is 17.7. The highest BCUT2D eigenvalue weighted by Gasteiger charge is 2.38. The fraction of sp³-hybridized carbons (Fsp3) is 0.406. The Hall–Kier alpha value is -3.75. The quantitative estimate of drug-likeness (QED) is 0.319. The van der Waals surface area contributed by atoms with Crippen molar-refractivity contribution in [1.29, 1.82) is 0 Å². The van der Waals surface area contributed by atoms with Crippen molar-refractivity contribution in [3.8, 4) is 0 Å². The molecular formula is C32H39N7O. The molecule has 2 N–H and O–H groups in total. The van der Waals surface area contributed by atoms with E-state index in [2.05, 4.69) is 72.2 Å². The Morgan fingerprint density at radius 3 is 2.02 bits per heavy atom. The van der Waals surface area contributed by atoms with Crippen molar-refractivity contribution in [3.05, 3.63) is 108 Å². The molecule has 40 heavy (non-hydrogen) atoms. The molecule has 208 valence electrons. The summed E-state index contributed by atoms with van der Waals surface area (Å²) in [5, 5.41) is 0. The predicted octanol–water partition coefficient (Wildman–Crippen LogP) is 4.85. The molecule has 2 aromatic carbocycles. The Bertz CT molecular complexity index is 1290. The fourth-order valence-corrected chi connectivity index (χ4v) is 6.40. The second-order valence-corrected chi connectivity index (χ2v) is 11.5. The molecule has 0 bridgehead atoms. The standard InChI is InChI=1S/C32H39N7O/c40-31(39(23-29-33-14-15-34-29)24-30-35-16-17-36-30)28-9-7-27(8-10-28)21-37-19-12-32(13-20-37)11-4-18-38(25-32)22-26-5-2-1-3-6-26/h1-3,5-10,14-17H,4,11-13,18-25H2,(H,33,34)(H,35,36). The Balaban J connectivity index is 1.03. The summed E-state index contributed by atoms with van der Waals surface area (Å²) in [7, 11) is 0. The first-order chi connectivity index (χ1) is 19.6. The molecule has 0 unspecified atom stereocenters. The molecule has 0 atom stereocenters. The lowest BCUT2D eigenvalue weighted by Gasteiger charge is -2.48. The Kier molecular flexibility index (Phi) is 8.07. The second kappa shape index (κ2) is 12.2. The maximum Gasteiger partial charge on any atom is 0.254 e. The maximum atomic E-state index is 13.4. The molecule has 4 heterocycles. The minimum Gasteiger partial charge on any atom is -0.347 e. The molecule has 1 spiro atoms. The zero-order valence-electron chi connectivity index (χ0n) is 23.1. The second-order valence-electron chi connectivity index (χ2n) is 11.5. The maximum absolute atomic E-state index is 13.4. The first-order valence-corrected chi connectivity index (χ1v) is 14.5. The summed E-state index contributed by atoms with van der Waals surface area (Å²) in [6.45, 7) is 7.50. The van der Waals surface area contributed by atoms with Crippen LogP contribution in [-0.4, -0.2) is 66.7 Å². The Morgan fingerprint density at radius 2 is 1.40 bits per heavy atom. The third-order valence-electron chi connectivity index (χ3n) is 8.59. The molecule has 2 aliphatic rings. The van der Waals surface area contributed by atoms with Crippen molar-refractivity contribution in [2.24, 2.45) is 5.41 Å². The summed E-state index contributed by atoms with van der Waals surface area (Å²) in [6, 6.07) is 19.0. The number of likely N-dealkylation sites (tertiary alicyclic amines) is 2. The van der Waals surface area contributed by atoms with Gasteiger partial charge in [0.2, 0.25) is 0 Å². The van der Waals surface area contributed by atoms with E-state index in [9.17, 15) is 4.79 Å². The van der Waals surface area contributed by atoms with Gasteiger partial charge in [0.15, 0.2) is 0 Å². The number of hydrogen-bond acceptors (Lipinski definition) is 5. The van der Waals surface area contributed by atoms with Gasteiger partial charge >= 0.3 is 0 Å². The number of benzene rings is 2. The van der Waals surface area contributed by atoms with Gasteiger partial charge in [0.25, 0.3) is 5.91 Å². The van der Waals surface area contributed by atoms with Crippen LogP contribution in [0.1, 0.15) is 58.8 Å². The summed E-state index contributed by atoms with van der Waals surface area (Å²) < 4.78 is 0. The molecule has 8 nitrogen and oxygen atoms in total. The van der Waals surface area contributed by atoms with Crippen molar-refractivity contribution in [2.75, 3.05) is 26.2 Å². The van der Waals surface area contributed by atoms with Gasteiger partial charge in [-0.1, -0.05) is 42.5 Å². The van der Waals surface area contributed by atoms with E-state index in [0.717, 1.165) is 37.8 Å². The number of nitrogens with zero attached hydrogens (tertiary/aromatic N) is 5. The number of amides is 1. The SMILES string of the molecule is O=C(c1ccc(CN2CCC3(CCCN(Cc4ccccc4)C3)CC2)cc1)N(Cc1ncc[nH]1)Cc1ncc[nH]1. The van der Waals surface area contributed by atoms with Gasteiger partial charge in [-0.3, -0.25) is 14.6 Å². The summed E-state index contributed by atoms with van der Waals surface area (Å²) in [5.41, 5.74) is 3.82. The van der Waals surface area contributed by atoms with Crippen LogP contribution in [0.15, 0.2) is 79.4 Å². The van der Waals surface area contributed by atoms with E-state index in [1.54, 1.807) is 29.7 Å². The molecule has 2 fully saturated rings. The van der Waals surface area contributed by atoms with Crippen LogP contribution in [-0.2, 0) is 26.2 Å². The molecule has 2 aromatic heterocycles. The smallest absolute Gasteiger partial charge is 0.254 e. The van der Waals surface area contributed by atoms with E-state index in [-0.39, 0.29) is 5.91 Å². The van der Waals surface area contributed by atoms with Gasteiger partial charge < -0.3 is 14.9 Å². The fourth-order valence-electron chi connectivity index (χ4n) is 6.40. The number of imidazole rings is 2. The van der Waals surface area contributed by atoms with Crippen LogP contribution in [0.4, 0.5) is 0 Å². The van der Waals surface area contributed by atoms with Crippen LogP contribution in [0.25, 0.3) is 0 Å². The van der Waals surface area contributed by atoms with Gasteiger partial charge in [-0.25, -0.2) is 9.97 Å². The van der Waals surface area contributed by atoms with Crippen molar-refractivity contribution < 1.29 is 4.79 Å². The van der Waals surface area contributed by atoms with E-state index in [4.69, 9.17) is 0 Å². The van der Waals surface area contributed by atoms with Gasteiger partial charge in [-0.15, -0.1) is 0 Å². The zero-order valence-corrected chi connectivity index (χ0v) is 23.1. The van der Waals surface area contributed by atoms with Crippen LogP contribution >= 0.6 is 0 Å². The summed E-state index contributed by atoms with van der Waals surface area (Å²) in [5.74, 6) is 1.47. The number of hydrogen-bond donors (Lipinski definition) is 2. The molecule has 2 aliphatic heterocycles. The van der Waals surface area contributed by atoms with Crippen molar-refractivity contribution >= 4 is 5.91 Å². The summed E-state index contributed by atoms with van der Waals surface area (Å²) in [4.78, 5) is 35.3. The zero-order chi connectivity index (χ0) is 27.2. The topological polar surface area (TPSA) is 84.2 Å². The first-order valence-electron chi connectivity index (χ1n) is 14.5. The van der Waals surface area contributed by atoms with Gasteiger partial charge in [-0.2, -0.15) is 0 Å². The summed E-state index contributed by atoms with van der Waals surface area (Å²) in [6.07, 6.45) is 12.2. The van der Waals surface area contributed by atoms with Crippen molar-refractivity contribution in [2.45, 2.75) is 51.9 Å². The molecule has 2 saturated heterocycles. The van der Waals surface area contributed by atoms with Gasteiger partial charge in [0.05, 0.1) is 13.1 Å². The number of rotatable bonds is 9. The van der Waals surface area contributed by atoms with Crippen molar-refractivity contribution in [1.82, 2.24) is 34.6 Å². The van der Waals surface area contributed by atoms with Crippen LogP contribution in [0, 0.1) is 5.41 Å². The van der Waals surface area contributed by atoms with Crippen LogP contribution in [0.5, 0.6) is 0 Å². The molecule has 8 heteroatoms. The molecule has 0 saturated carbocycles. The molecule has 1 amide bonds. The largest absolute Gasteiger partial charge is 0.347 e. The van der Waals surface area contributed by atoms with Crippen LogP contribution < -0.4 is 0 Å². The molecule has 6 rings (SSSR count). The van der Waals surface area contributed by atoms with E-state index in [0.29, 0.717) is 24.1 Å². The molecular weight excluding hydrogens is 498 g/mol. The molecule has 0 radical (unpaired) electrons. The van der Waals surface area contributed by atoms with Gasteiger partial charge in [0, 0.05) is 50.0 Å². The lowest BCUT2D eigenvalue weighted by molar-refractivity contribution is 0.0185. The first kappa shape index (κ1) is 26.5. The van der Waals surface area contributed by atoms with E-state index in [1.165, 1.54) is 49.9 Å². The number of nitrogens with one attached hydrogen (secondary N) is 2. The van der Waals surface area contributed by atoms with E-state index < -0.39 is 0 Å². The Labute approximate surface area is 236 Å². The predicted molar refractivity (Wildman–Crippen MR) is 155 cm³/mol. The highest BCUT2D eigenvalue weighted by atomic mass is 16.2. The number of piperidine rings is 2. The third-order valence-corrected chi connectivity index (χ3v) is 8.59. The van der Waals surface area contributed by atoms with Crippen LogP contribution in [0.2, 0.25) is 0 Å². The minimum atomic E-state index is -0.0309. The van der Waals surface area contributed by atoms with Gasteiger partial charge in [-0.05, 0) is 74.0 Å². The monoisotopic (exact) mass is 537 g/mol. The highest BCUT2D eigenvalue weighted by molar-refractivity contribution is 5.94.